The average molecular weight is 273 g/mol. The zero-order valence-corrected chi connectivity index (χ0v) is 11.4. The van der Waals surface area contributed by atoms with E-state index in [4.69, 9.17) is 8.83 Å². The summed E-state index contributed by atoms with van der Waals surface area (Å²) < 4.78 is 11.1. The van der Waals surface area contributed by atoms with E-state index >= 15 is 0 Å². The summed E-state index contributed by atoms with van der Waals surface area (Å²) >= 11 is 0. The Morgan fingerprint density at radius 1 is 1.05 bits per heavy atom. The van der Waals surface area contributed by atoms with E-state index in [1.165, 1.54) is 12.8 Å². The smallest absolute Gasteiger partial charge is 0.195 e. The number of rotatable bonds is 3. The molecular formula is C16H19NO3. The van der Waals surface area contributed by atoms with Gasteiger partial charge in [0.1, 0.15) is 11.5 Å². The molecule has 1 unspecified atom stereocenters. The lowest BCUT2D eigenvalue weighted by Crippen LogP contribution is -2.58. The van der Waals surface area contributed by atoms with E-state index in [-0.39, 0.29) is 6.04 Å². The van der Waals surface area contributed by atoms with Crippen molar-refractivity contribution in [3.63, 3.8) is 0 Å². The van der Waals surface area contributed by atoms with Crippen LogP contribution in [0.5, 0.6) is 0 Å². The normalized spacial score (nSPS) is 29.8. The Balaban J connectivity index is 1.80. The van der Waals surface area contributed by atoms with Crippen molar-refractivity contribution in [2.45, 2.75) is 30.9 Å². The minimum Gasteiger partial charge on any atom is -0.466 e. The first-order valence-corrected chi connectivity index (χ1v) is 7.33. The largest absolute Gasteiger partial charge is 0.466 e. The second-order valence-electron chi connectivity index (χ2n) is 5.95. The van der Waals surface area contributed by atoms with Gasteiger partial charge in [0, 0.05) is 0 Å². The SMILES string of the molecule is OC(c1ccco1)(c1ccco1)C1CC2CCN1CC2. The highest BCUT2D eigenvalue weighted by Crippen LogP contribution is 2.44. The van der Waals surface area contributed by atoms with Gasteiger partial charge in [0.25, 0.3) is 0 Å². The van der Waals surface area contributed by atoms with Gasteiger partial charge in [0.15, 0.2) is 5.60 Å². The Hall–Kier alpha value is -1.52. The van der Waals surface area contributed by atoms with Crippen molar-refractivity contribution in [3.8, 4) is 0 Å². The Labute approximate surface area is 118 Å². The van der Waals surface area contributed by atoms with Crippen molar-refractivity contribution in [1.29, 1.82) is 0 Å². The highest BCUT2D eigenvalue weighted by molar-refractivity contribution is 5.28. The van der Waals surface area contributed by atoms with E-state index in [9.17, 15) is 5.11 Å². The molecule has 3 saturated heterocycles. The Kier molecular flexibility index (Phi) is 2.75. The standard InChI is InChI=1S/C16H19NO3/c18-16(14-3-1-9-19-14,15-4-2-10-20-15)13-11-12-5-7-17(13)8-6-12/h1-4,9-10,12-13,18H,5-8,11H2. The maximum Gasteiger partial charge on any atom is 0.195 e. The molecule has 1 N–H and O–H groups in total. The monoisotopic (exact) mass is 273 g/mol. The molecule has 4 heteroatoms. The predicted octanol–water partition coefficient (Wildman–Crippen LogP) is 2.59. The summed E-state index contributed by atoms with van der Waals surface area (Å²) in [5.41, 5.74) is -1.19. The van der Waals surface area contributed by atoms with Gasteiger partial charge in [-0.1, -0.05) is 0 Å². The number of fused-ring (bicyclic) bond motifs is 3. The van der Waals surface area contributed by atoms with Gasteiger partial charge in [-0.25, -0.2) is 0 Å². The van der Waals surface area contributed by atoms with Crippen molar-refractivity contribution in [2.75, 3.05) is 13.1 Å². The van der Waals surface area contributed by atoms with Gasteiger partial charge in [0.2, 0.25) is 0 Å². The zero-order valence-electron chi connectivity index (χ0n) is 11.4. The lowest BCUT2D eigenvalue weighted by molar-refractivity contribution is -0.0943. The second-order valence-corrected chi connectivity index (χ2v) is 5.95. The van der Waals surface area contributed by atoms with Crippen LogP contribution in [0, 0.1) is 5.92 Å². The van der Waals surface area contributed by atoms with Crippen LogP contribution in [-0.4, -0.2) is 29.1 Å². The summed E-state index contributed by atoms with van der Waals surface area (Å²) in [4.78, 5) is 2.38. The van der Waals surface area contributed by atoms with Crippen LogP contribution >= 0.6 is 0 Å². The van der Waals surface area contributed by atoms with Crippen molar-refractivity contribution < 1.29 is 13.9 Å². The molecular weight excluding hydrogens is 254 g/mol. The molecule has 0 aliphatic carbocycles. The lowest BCUT2D eigenvalue weighted by Gasteiger charge is -2.50. The van der Waals surface area contributed by atoms with Gasteiger partial charge >= 0.3 is 0 Å². The fourth-order valence-electron chi connectivity index (χ4n) is 3.84. The van der Waals surface area contributed by atoms with E-state index in [2.05, 4.69) is 4.90 Å². The Bertz CT molecular complexity index is 518. The summed E-state index contributed by atoms with van der Waals surface area (Å²) in [6, 6.07) is 7.35. The van der Waals surface area contributed by atoms with E-state index in [0.717, 1.165) is 19.5 Å². The predicted molar refractivity (Wildman–Crippen MR) is 73.1 cm³/mol. The summed E-state index contributed by atoms with van der Waals surface area (Å²) in [5, 5.41) is 11.4. The molecule has 3 aliphatic rings. The maximum absolute atomic E-state index is 11.4. The third-order valence-corrected chi connectivity index (χ3v) is 4.92. The minimum absolute atomic E-state index is 0.0345. The highest BCUT2D eigenvalue weighted by atomic mass is 16.4. The van der Waals surface area contributed by atoms with Crippen LogP contribution < -0.4 is 0 Å². The summed E-state index contributed by atoms with van der Waals surface area (Å²) in [6.45, 7) is 2.11. The molecule has 0 radical (unpaired) electrons. The third kappa shape index (κ3) is 1.68. The van der Waals surface area contributed by atoms with Crippen LogP contribution in [0.3, 0.4) is 0 Å². The quantitative estimate of drug-likeness (QED) is 0.934. The topological polar surface area (TPSA) is 49.8 Å². The molecule has 0 saturated carbocycles. The highest BCUT2D eigenvalue weighted by Gasteiger charge is 2.51. The number of nitrogens with zero attached hydrogens (tertiary/aromatic N) is 1. The molecule has 0 aromatic carbocycles. The number of furan rings is 2. The molecule has 1 atom stereocenters. The molecule has 2 aromatic heterocycles. The van der Waals surface area contributed by atoms with Gasteiger partial charge in [-0.2, -0.15) is 0 Å². The van der Waals surface area contributed by atoms with Gasteiger partial charge in [-0.3, -0.25) is 4.90 Å². The van der Waals surface area contributed by atoms with Gasteiger partial charge in [-0.15, -0.1) is 0 Å². The Morgan fingerprint density at radius 2 is 1.65 bits per heavy atom. The fourth-order valence-corrected chi connectivity index (χ4v) is 3.84. The van der Waals surface area contributed by atoms with Crippen LogP contribution in [0.1, 0.15) is 30.8 Å². The minimum atomic E-state index is -1.19. The molecule has 4 nitrogen and oxygen atoms in total. The molecule has 2 bridgehead atoms. The first kappa shape index (κ1) is 12.2. The summed E-state index contributed by atoms with van der Waals surface area (Å²) in [6.07, 6.45) is 6.70. The average Bonchev–Trinajstić information content (AvgIpc) is 3.21. The van der Waals surface area contributed by atoms with E-state index in [0.29, 0.717) is 17.4 Å². The molecule has 3 aliphatic heterocycles. The van der Waals surface area contributed by atoms with Gasteiger partial charge in [0.05, 0.1) is 18.6 Å². The zero-order chi connectivity index (χ0) is 13.6. The van der Waals surface area contributed by atoms with Crippen molar-refractivity contribution in [1.82, 2.24) is 4.90 Å². The Morgan fingerprint density at radius 3 is 2.05 bits per heavy atom. The maximum atomic E-state index is 11.4. The number of piperidine rings is 3. The van der Waals surface area contributed by atoms with E-state index in [1.807, 2.05) is 24.3 Å². The number of hydrogen-bond acceptors (Lipinski definition) is 4. The molecule has 20 heavy (non-hydrogen) atoms. The van der Waals surface area contributed by atoms with Gasteiger partial charge < -0.3 is 13.9 Å². The van der Waals surface area contributed by atoms with Crippen LogP contribution in [0.2, 0.25) is 0 Å². The molecule has 0 spiro atoms. The molecule has 5 heterocycles. The first-order valence-electron chi connectivity index (χ1n) is 7.33. The van der Waals surface area contributed by atoms with E-state index < -0.39 is 5.60 Å². The lowest BCUT2D eigenvalue weighted by atomic mass is 9.74. The summed E-state index contributed by atoms with van der Waals surface area (Å²) in [5.74, 6) is 1.86. The molecule has 2 aromatic rings. The van der Waals surface area contributed by atoms with Crippen LogP contribution in [0.4, 0.5) is 0 Å². The molecule has 3 fully saturated rings. The van der Waals surface area contributed by atoms with Crippen molar-refractivity contribution >= 4 is 0 Å². The third-order valence-electron chi connectivity index (χ3n) is 4.92. The van der Waals surface area contributed by atoms with Crippen LogP contribution in [0.25, 0.3) is 0 Å². The molecule has 5 rings (SSSR count). The second kappa shape index (κ2) is 4.50. The van der Waals surface area contributed by atoms with Crippen LogP contribution in [0.15, 0.2) is 45.6 Å². The molecule has 106 valence electrons. The molecule has 0 amide bonds. The fraction of sp³-hybridized carbons (Fsp3) is 0.500. The van der Waals surface area contributed by atoms with Crippen LogP contribution in [-0.2, 0) is 5.60 Å². The number of aliphatic hydroxyl groups is 1. The van der Waals surface area contributed by atoms with Gasteiger partial charge in [-0.05, 0) is 62.5 Å². The number of hydrogen-bond donors (Lipinski definition) is 1. The van der Waals surface area contributed by atoms with Crippen molar-refractivity contribution in [3.05, 3.63) is 48.3 Å². The van der Waals surface area contributed by atoms with E-state index in [1.54, 1.807) is 12.5 Å². The van der Waals surface area contributed by atoms with Crippen molar-refractivity contribution in [2.24, 2.45) is 5.92 Å². The summed E-state index contributed by atoms with van der Waals surface area (Å²) in [7, 11) is 0. The first-order chi connectivity index (χ1) is 9.78.